The Hall–Kier alpha value is -3.62. The molecule has 6 rings (SSSR count). The largest absolute Gasteiger partial charge is 0.506 e. The summed E-state index contributed by atoms with van der Waals surface area (Å²) in [5, 5.41) is 17.6. The summed E-state index contributed by atoms with van der Waals surface area (Å²) >= 11 is 6.19. The van der Waals surface area contributed by atoms with Crippen LogP contribution in [0, 0.1) is 0 Å². The summed E-state index contributed by atoms with van der Waals surface area (Å²) in [7, 11) is 0. The number of nitrogens with zero attached hydrogens (tertiary/aromatic N) is 6. The molecular weight excluding hydrogens is 474 g/mol. The molecule has 0 atom stereocenters. The molecule has 0 unspecified atom stereocenters. The first-order valence-electron chi connectivity index (χ1n) is 12.2. The molecule has 1 aliphatic heterocycles. The number of phenols is 1. The molecule has 3 aromatic heterocycles. The predicted octanol–water partition coefficient (Wildman–Crippen LogP) is 5.24. The second-order valence-corrected chi connectivity index (χ2v) is 10.0. The highest BCUT2D eigenvalue weighted by Crippen LogP contribution is 2.38. The number of nitrogens with one attached hydrogen (secondary N) is 1. The molecule has 0 aliphatic carbocycles. The Morgan fingerprint density at radius 1 is 1.03 bits per heavy atom. The molecule has 1 aliphatic rings. The van der Waals surface area contributed by atoms with Gasteiger partial charge in [0.15, 0.2) is 5.65 Å². The van der Waals surface area contributed by atoms with Crippen molar-refractivity contribution >= 4 is 39.4 Å². The number of aromatic amines is 1. The highest BCUT2D eigenvalue weighted by molar-refractivity contribution is 6.31. The highest BCUT2D eigenvalue weighted by atomic mass is 35.5. The molecule has 0 bridgehead atoms. The van der Waals surface area contributed by atoms with Crippen molar-refractivity contribution in [1.29, 1.82) is 0 Å². The van der Waals surface area contributed by atoms with E-state index in [0.717, 1.165) is 66.3 Å². The van der Waals surface area contributed by atoms with Crippen LogP contribution < -0.4 is 4.90 Å². The average Bonchev–Trinajstić information content (AvgIpc) is 3.47. The van der Waals surface area contributed by atoms with Gasteiger partial charge in [-0.3, -0.25) is 4.90 Å². The lowest BCUT2D eigenvalue weighted by Gasteiger charge is -2.35. The number of H-pyrrole nitrogens is 1. The van der Waals surface area contributed by atoms with Gasteiger partial charge in [-0.1, -0.05) is 41.9 Å². The molecule has 0 saturated carbocycles. The van der Waals surface area contributed by atoms with E-state index in [1.165, 1.54) is 5.56 Å². The lowest BCUT2D eigenvalue weighted by atomic mass is 10.1. The van der Waals surface area contributed by atoms with Gasteiger partial charge in [-0.05, 0) is 31.5 Å². The third-order valence-corrected chi connectivity index (χ3v) is 7.02. The van der Waals surface area contributed by atoms with Crippen molar-refractivity contribution in [2.45, 2.75) is 26.4 Å². The number of hydrogen-bond acceptors (Lipinski definition) is 6. The van der Waals surface area contributed by atoms with Gasteiger partial charge in [-0.15, -0.1) is 0 Å². The van der Waals surface area contributed by atoms with Crippen LogP contribution in [0.15, 0.2) is 54.9 Å². The fourth-order valence-electron chi connectivity index (χ4n) is 5.02. The van der Waals surface area contributed by atoms with E-state index in [4.69, 9.17) is 21.7 Å². The number of phenolic OH excluding ortho intramolecular Hbond substituents is 1. The lowest BCUT2D eigenvalue weighted by molar-refractivity contribution is 0.249. The summed E-state index contributed by atoms with van der Waals surface area (Å²) in [5.74, 6) is 1.00. The molecule has 0 spiro atoms. The maximum absolute atomic E-state index is 10.4. The van der Waals surface area contributed by atoms with Crippen LogP contribution >= 0.6 is 11.6 Å². The van der Waals surface area contributed by atoms with Crippen LogP contribution in [-0.2, 0) is 6.54 Å². The number of benzene rings is 2. The Labute approximate surface area is 214 Å². The molecule has 4 heterocycles. The minimum atomic E-state index is 0.113. The van der Waals surface area contributed by atoms with Crippen molar-refractivity contribution in [2.75, 3.05) is 31.1 Å². The van der Waals surface area contributed by atoms with Gasteiger partial charge in [-0.25, -0.2) is 14.6 Å². The summed E-state index contributed by atoms with van der Waals surface area (Å²) < 4.78 is 1.94. The first-order valence-corrected chi connectivity index (χ1v) is 12.6. The monoisotopic (exact) mass is 501 g/mol. The van der Waals surface area contributed by atoms with Crippen molar-refractivity contribution < 1.29 is 5.11 Å². The van der Waals surface area contributed by atoms with Crippen LogP contribution in [-0.4, -0.2) is 60.9 Å². The van der Waals surface area contributed by atoms with Crippen molar-refractivity contribution in [3.8, 4) is 17.1 Å². The van der Waals surface area contributed by atoms with Crippen LogP contribution in [0.3, 0.4) is 0 Å². The highest BCUT2D eigenvalue weighted by Gasteiger charge is 2.26. The van der Waals surface area contributed by atoms with Crippen LogP contribution in [0.5, 0.6) is 5.75 Å². The number of anilines is 1. The second kappa shape index (κ2) is 9.11. The van der Waals surface area contributed by atoms with Gasteiger partial charge in [0, 0.05) is 55.2 Å². The number of aromatic nitrogens is 5. The molecule has 9 heteroatoms. The smallest absolute Gasteiger partial charge is 0.164 e. The summed E-state index contributed by atoms with van der Waals surface area (Å²) in [6.45, 7) is 8.78. The van der Waals surface area contributed by atoms with Crippen molar-refractivity contribution in [3.63, 3.8) is 0 Å². The van der Waals surface area contributed by atoms with Gasteiger partial charge in [-0.2, -0.15) is 5.10 Å². The summed E-state index contributed by atoms with van der Waals surface area (Å²) in [5.41, 5.74) is 4.34. The molecule has 1 saturated heterocycles. The summed E-state index contributed by atoms with van der Waals surface area (Å²) in [6.07, 6.45) is 1.63. The van der Waals surface area contributed by atoms with Gasteiger partial charge in [0.1, 0.15) is 23.6 Å². The van der Waals surface area contributed by atoms with E-state index in [1.807, 2.05) is 16.8 Å². The number of aromatic hydroxyl groups is 1. The van der Waals surface area contributed by atoms with E-state index in [1.54, 1.807) is 12.4 Å². The van der Waals surface area contributed by atoms with E-state index in [0.29, 0.717) is 10.5 Å². The van der Waals surface area contributed by atoms with Gasteiger partial charge in [0.2, 0.25) is 0 Å². The Morgan fingerprint density at radius 3 is 2.56 bits per heavy atom. The molecule has 2 aromatic carbocycles. The van der Waals surface area contributed by atoms with E-state index < -0.39 is 0 Å². The molecular formula is C27H28ClN7O. The summed E-state index contributed by atoms with van der Waals surface area (Å²) in [4.78, 5) is 17.5. The lowest BCUT2D eigenvalue weighted by Crippen LogP contribution is -2.46. The number of rotatable bonds is 5. The number of piperazine rings is 1. The maximum atomic E-state index is 10.4. The zero-order chi connectivity index (χ0) is 24.8. The molecule has 1 fully saturated rings. The SMILES string of the molecule is CC(C)n1nc(-c2cc3cc(Cl)cc(O)c3[nH]2)c2c(N3CCN(Cc4ccccc4)CC3)ncnc21. The number of fused-ring (bicyclic) bond motifs is 2. The van der Waals surface area contributed by atoms with E-state index in [9.17, 15) is 5.11 Å². The zero-order valence-corrected chi connectivity index (χ0v) is 21.1. The van der Waals surface area contributed by atoms with Gasteiger partial charge < -0.3 is 15.0 Å². The Balaban J connectivity index is 1.38. The predicted molar refractivity (Wildman–Crippen MR) is 144 cm³/mol. The molecule has 0 radical (unpaired) electrons. The molecule has 2 N–H and O–H groups in total. The minimum absolute atomic E-state index is 0.113. The van der Waals surface area contributed by atoms with Crippen LogP contribution in [0.1, 0.15) is 25.5 Å². The molecule has 8 nitrogen and oxygen atoms in total. The quantitative estimate of drug-likeness (QED) is 0.342. The van der Waals surface area contributed by atoms with E-state index >= 15 is 0 Å². The molecule has 36 heavy (non-hydrogen) atoms. The Morgan fingerprint density at radius 2 is 1.81 bits per heavy atom. The van der Waals surface area contributed by atoms with Gasteiger partial charge in [0.05, 0.1) is 16.6 Å². The Kier molecular flexibility index (Phi) is 5.78. The first-order chi connectivity index (χ1) is 17.5. The third-order valence-electron chi connectivity index (χ3n) is 6.81. The number of halogens is 1. The standard InChI is InChI=1S/C27H28ClN7O/c1-17(2)35-27-23(25(32-35)21-13-19-12-20(28)14-22(36)24(19)31-21)26(29-16-30-27)34-10-8-33(9-11-34)15-18-6-4-3-5-7-18/h3-7,12-14,16-17,31,36H,8-11,15H2,1-2H3. The van der Waals surface area contributed by atoms with Crippen molar-refractivity contribution in [1.82, 2.24) is 29.6 Å². The average molecular weight is 502 g/mol. The first kappa shape index (κ1) is 22.8. The molecule has 184 valence electrons. The topological polar surface area (TPSA) is 86.1 Å². The zero-order valence-electron chi connectivity index (χ0n) is 20.3. The molecule has 5 aromatic rings. The fraction of sp³-hybridized carbons (Fsp3) is 0.296. The van der Waals surface area contributed by atoms with Crippen molar-refractivity contribution in [3.05, 3.63) is 65.4 Å². The van der Waals surface area contributed by atoms with Crippen molar-refractivity contribution in [2.24, 2.45) is 0 Å². The van der Waals surface area contributed by atoms with Gasteiger partial charge >= 0.3 is 0 Å². The maximum Gasteiger partial charge on any atom is 0.164 e. The third kappa shape index (κ3) is 4.06. The van der Waals surface area contributed by atoms with Crippen LogP contribution in [0.25, 0.3) is 33.3 Å². The van der Waals surface area contributed by atoms with Crippen LogP contribution in [0.4, 0.5) is 5.82 Å². The van der Waals surface area contributed by atoms with E-state index in [2.05, 4.69) is 63.9 Å². The summed E-state index contributed by atoms with van der Waals surface area (Å²) in [6, 6.07) is 16.1. The normalized spacial score (nSPS) is 14.9. The van der Waals surface area contributed by atoms with Gasteiger partial charge in [0.25, 0.3) is 0 Å². The Bertz CT molecular complexity index is 1530. The van der Waals surface area contributed by atoms with Crippen LogP contribution in [0.2, 0.25) is 5.02 Å². The fourth-order valence-corrected chi connectivity index (χ4v) is 5.24. The minimum Gasteiger partial charge on any atom is -0.506 e. The second-order valence-electron chi connectivity index (χ2n) is 9.60. The molecule has 0 amide bonds. The van der Waals surface area contributed by atoms with E-state index in [-0.39, 0.29) is 11.8 Å². The number of hydrogen-bond donors (Lipinski definition) is 2.